The van der Waals surface area contributed by atoms with Gasteiger partial charge in [-0.2, -0.15) is 0 Å². The van der Waals surface area contributed by atoms with Gasteiger partial charge in [-0.1, -0.05) is 79.0 Å². The molecular weight excluding hydrogens is 593 g/mol. The van der Waals surface area contributed by atoms with Crippen molar-refractivity contribution in [1.82, 2.24) is 10.2 Å². The van der Waals surface area contributed by atoms with E-state index in [2.05, 4.69) is 5.32 Å². The number of rotatable bonds is 11. The van der Waals surface area contributed by atoms with Gasteiger partial charge in [0, 0.05) is 27.7 Å². The molecule has 0 aromatic heterocycles. The largest absolute Gasteiger partial charge is 0.350 e. The van der Waals surface area contributed by atoms with Gasteiger partial charge in [-0.3, -0.25) is 13.9 Å². The van der Waals surface area contributed by atoms with Gasteiger partial charge in [0.05, 0.1) is 10.6 Å². The lowest BCUT2D eigenvalue weighted by Crippen LogP contribution is -2.55. The second kappa shape index (κ2) is 13.9. The molecule has 226 valence electrons. The molecule has 0 spiro atoms. The van der Waals surface area contributed by atoms with Crippen LogP contribution in [0.25, 0.3) is 0 Å². The fraction of sp³-hybridized carbons (Fsp3) is 0.375. The van der Waals surface area contributed by atoms with E-state index in [1.54, 1.807) is 49.4 Å². The number of amides is 2. The Morgan fingerprint density at radius 1 is 0.905 bits per heavy atom. The van der Waals surface area contributed by atoms with Crippen LogP contribution >= 0.6 is 23.2 Å². The van der Waals surface area contributed by atoms with Crippen molar-refractivity contribution in [2.75, 3.05) is 10.8 Å². The summed E-state index contributed by atoms with van der Waals surface area (Å²) in [5.74, 6) is -0.924. The number of nitrogens with one attached hydrogen (secondary N) is 1. The van der Waals surface area contributed by atoms with Crippen molar-refractivity contribution in [2.45, 2.75) is 77.4 Å². The molecule has 0 saturated carbocycles. The molecule has 0 saturated heterocycles. The number of hydrogen-bond donors (Lipinski definition) is 1. The number of anilines is 1. The average molecular weight is 633 g/mol. The van der Waals surface area contributed by atoms with Crippen molar-refractivity contribution < 1.29 is 18.0 Å². The van der Waals surface area contributed by atoms with E-state index in [-0.39, 0.29) is 23.8 Å². The highest BCUT2D eigenvalue weighted by molar-refractivity contribution is 7.92. The van der Waals surface area contributed by atoms with Crippen molar-refractivity contribution in [3.63, 3.8) is 0 Å². The van der Waals surface area contributed by atoms with E-state index in [4.69, 9.17) is 23.2 Å². The molecule has 1 N–H and O–H groups in total. The minimum absolute atomic E-state index is 0.0602. The molecule has 0 unspecified atom stereocenters. The van der Waals surface area contributed by atoms with Gasteiger partial charge in [0.15, 0.2) is 0 Å². The standard InChI is InChI=1S/C32H39Cl2N3O4S/c1-7-23-12-9-10-15-29(23)37(42(40,41)24-18-16-22(3)17-19-24)21-30(38)36(20-25-26(33)13-11-14-27(25)34)28(8-2)31(39)35-32(4,5)6/h9-19,28H,7-8,20-21H2,1-6H3,(H,35,39)/t28-/m0/s1. The SMILES string of the molecule is CCc1ccccc1N(CC(=O)N(Cc1c(Cl)cccc1Cl)[C@@H](CC)C(=O)NC(C)(C)C)S(=O)(=O)c1ccc(C)cc1. The third-order valence-electron chi connectivity index (χ3n) is 6.80. The average Bonchev–Trinajstić information content (AvgIpc) is 2.92. The summed E-state index contributed by atoms with van der Waals surface area (Å²) in [5, 5.41) is 3.63. The van der Waals surface area contributed by atoms with Gasteiger partial charge in [0.2, 0.25) is 11.8 Å². The van der Waals surface area contributed by atoms with Crippen molar-refractivity contribution in [3.8, 4) is 0 Å². The Balaban J connectivity index is 2.15. The Morgan fingerprint density at radius 3 is 2.05 bits per heavy atom. The lowest BCUT2D eigenvalue weighted by molar-refractivity contribution is -0.141. The summed E-state index contributed by atoms with van der Waals surface area (Å²) in [6.07, 6.45) is 0.834. The molecule has 0 heterocycles. The highest BCUT2D eigenvalue weighted by atomic mass is 35.5. The maximum Gasteiger partial charge on any atom is 0.264 e. The van der Waals surface area contributed by atoms with E-state index in [1.807, 2.05) is 46.8 Å². The first-order valence-corrected chi connectivity index (χ1v) is 16.1. The van der Waals surface area contributed by atoms with Gasteiger partial charge in [-0.15, -0.1) is 0 Å². The molecule has 3 aromatic carbocycles. The Hall–Kier alpha value is -3.07. The Kier molecular flexibility index (Phi) is 11.1. The second-order valence-corrected chi connectivity index (χ2v) is 13.9. The van der Waals surface area contributed by atoms with Crippen LogP contribution in [0.1, 0.15) is 57.7 Å². The summed E-state index contributed by atoms with van der Waals surface area (Å²) in [6, 6.07) is 17.7. The van der Waals surface area contributed by atoms with E-state index in [1.165, 1.54) is 17.0 Å². The summed E-state index contributed by atoms with van der Waals surface area (Å²) in [5.41, 5.74) is 1.99. The van der Waals surface area contributed by atoms with E-state index < -0.39 is 34.1 Å². The highest BCUT2D eigenvalue weighted by Gasteiger charge is 2.35. The molecule has 2 amide bonds. The zero-order valence-electron chi connectivity index (χ0n) is 24.9. The van der Waals surface area contributed by atoms with E-state index >= 15 is 0 Å². The lowest BCUT2D eigenvalue weighted by Gasteiger charge is -2.35. The molecule has 0 radical (unpaired) electrons. The molecule has 0 aliphatic heterocycles. The first-order chi connectivity index (χ1) is 19.7. The number of hydrogen-bond acceptors (Lipinski definition) is 4. The monoisotopic (exact) mass is 631 g/mol. The topological polar surface area (TPSA) is 86.8 Å². The van der Waals surface area contributed by atoms with Gasteiger partial charge in [0.25, 0.3) is 10.0 Å². The Bertz CT molecular complexity index is 1500. The lowest BCUT2D eigenvalue weighted by atomic mass is 10.1. The zero-order valence-corrected chi connectivity index (χ0v) is 27.3. The van der Waals surface area contributed by atoms with Crippen molar-refractivity contribution in [2.24, 2.45) is 0 Å². The van der Waals surface area contributed by atoms with Crippen LogP contribution in [0.4, 0.5) is 5.69 Å². The number of carbonyl (C=O) groups excluding carboxylic acids is 2. The van der Waals surface area contributed by atoms with Crippen LogP contribution in [0.2, 0.25) is 10.0 Å². The minimum Gasteiger partial charge on any atom is -0.350 e. The maximum atomic E-state index is 14.3. The van der Waals surface area contributed by atoms with Crippen LogP contribution < -0.4 is 9.62 Å². The minimum atomic E-state index is -4.17. The number of para-hydroxylation sites is 1. The van der Waals surface area contributed by atoms with Crippen molar-refractivity contribution in [3.05, 3.63) is 93.5 Å². The summed E-state index contributed by atoms with van der Waals surface area (Å²) < 4.78 is 29.4. The molecule has 0 aliphatic rings. The number of nitrogens with zero attached hydrogens (tertiary/aromatic N) is 2. The fourth-order valence-corrected chi connectivity index (χ4v) is 6.60. The molecule has 0 fully saturated rings. The van der Waals surface area contributed by atoms with E-state index in [0.29, 0.717) is 27.7 Å². The Morgan fingerprint density at radius 2 is 1.50 bits per heavy atom. The summed E-state index contributed by atoms with van der Waals surface area (Å²) in [6.45, 7) is 10.5. The normalized spacial score (nSPS) is 12.5. The number of aryl methyl sites for hydroxylation is 2. The first-order valence-electron chi connectivity index (χ1n) is 13.9. The molecule has 1 atom stereocenters. The third-order valence-corrected chi connectivity index (χ3v) is 9.29. The smallest absolute Gasteiger partial charge is 0.264 e. The first kappa shape index (κ1) is 33.4. The highest BCUT2D eigenvalue weighted by Crippen LogP contribution is 2.30. The predicted molar refractivity (Wildman–Crippen MR) is 171 cm³/mol. The van der Waals surface area contributed by atoms with Gasteiger partial charge in [-0.25, -0.2) is 8.42 Å². The van der Waals surface area contributed by atoms with Gasteiger partial charge in [0.1, 0.15) is 12.6 Å². The third kappa shape index (κ3) is 8.06. The quantitative estimate of drug-likeness (QED) is 0.253. The van der Waals surface area contributed by atoms with Crippen LogP contribution in [0, 0.1) is 6.92 Å². The van der Waals surface area contributed by atoms with Crippen LogP contribution in [0.5, 0.6) is 0 Å². The second-order valence-electron chi connectivity index (χ2n) is 11.2. The van der Waals surface area contributed by atoms with Crippen LogP contribution in [-0.2, 0) is 32.6 Å². The van der Waals surface area contributed by atoms with Gasteiger partial charge >= 0.3 is 0 Å². The molecule has 3 rings (SSSR count). The molecule has 0 bridgehead atoms. The summed E-state index contributed by atoms with van der Waals surface area (Å²) in [4.78, 5) is 29.2. The fourth-order valence-electron chi connectivity index (χ4n) is 4.63. The van der Waals surface area contributed by atoms with Crippen LogP contribution in [-0.4, -0.2) is 43.3 Å². The van der Waals surface area contributed by atoms with E-state index in [9.17, 15) is 18.0 Å². The predicted octanol–water partition coefficient (Wildman–Crippen LogP) is 6.78. The summed E-state index contributed by atoms with van der Waals surface area (Å²) >= 11 is 13.0. The van der Waals surface area contributed by atoms with Gasteiger partial charge in [-0.05, 0) is 76.4 Å². The maximum absolute atomic E-state index is 14.3. The molecule has 3 aromatic rings. The van der Waals surface area contributed by atoms with E-state index in [0.717, 1.165) is 15.4 Å². The number of carbonyl (C=O) groups is 2. The van der Waals surface area contributed by atoms with Crippen LogP contribution in [0.15, 0.2) is 71.6 Å². The number of halogens is 2. The molecule has 7 nitrogen and oxygen atoms in total. The number of sulfonamides is 1. The molecule has 0 aliphatic carbocycles. The Labute approximate surface area is 259 Å². The zero-order chi connectivity index (χ0) is 31.2. The molecule has 10 heteroatoms. The number of benzene rings is 3. The molecular formula is C32H39Cl2N3O4S. The van der Waals surface area contributed by atoms with Gasteiger partial charge < -0.3 is 10.2 Å². The van der Waals surface area contributed by atoms with Crippen molar-refractivity contribution in [1.29, 1.82) is 0 Å². The summed E-state index contributed by atoms with van der Waals surface area (Å²) in [7, 11) is -4.17. The van der Waals surface area contributed by atoms with Crippen LogP contribution in [0.3, 0.4) is 0 Å². The molecule has 42 heavy (non-hydrogen) atoms. The van der Waals surface area contributed by atoms with Crippen molar-refractivity contribution >= 4 is 50.7 Å².